The number of thiazole rings is 1. The Morgan fingerprint density at radius 1 is 1.41 bits per heavy atom. The minimum Gasteiger partial charge on any atom is -0.426 e. The summed E-state index contributed by atoms with van der Waals surface area (Å²) in [5, 5.41) is 2.68. The number of ether oxygens (including phenoxy) is 1. The molecule has 1 heterocycles. The van der Waals surface area contributed by atoms with Crippen molar-refractivity contribution in [3.63, 3.8) is 0 Å². The van der Waals surface area contributed by atoms with E-state index in [9.17, 15) is 13.8 Å². The van der Waals surface area contributed by atoms with E-state index in [-0.39, 0.29) is 20.7 Å². The topological polar surface area (TPSA) is 106 Å². The van der Waals surface area contributed by atoms with E-state index >= 15 is 0 Å². The average molecular weight is 340 g/mol. The number of carbonyl (C=O) groups is 2. The molecule has 0 spiro atoms. The average Bonchev–Trinajstić information content (AvgIpc) is 2.89. The van der Waals surface area contributed by atoms with Gasteiger partial charge in [0, 0.05) is 6.92 Å². The highest BCUT2D eigenvalue weighted by atomic mass is 32.2. The van der Waals surface area contributed by atoms with Gasteiger partial charge < -0.3 is 9.29 Å². The summed E-state index contributed by atoms with van der Waals surface area (Å²) < 4.78 is 25.0. The van der Waals surface area contributed by atoms with Crippen LogP contribution in [0.4, 0.5) is 5.13 Å². The number of aryl methyl sites for hydroxylation is 1. The van der Waals surface area contributed by atoms with Gasteiger partial charge in [-0.25, -0.2) is 9.19 Å². The van der Waals surface area contributed by atoms with Gasteiger partial charge >= 0.3 is 5.97 Å². The molecule has 0 aliphatic rings. The number of hydrogen-bond acceptors (Lipinski definition) is 6. The monoisotopic (exact) mass is 340 g/mol. The summed E-state index contributed by atoms with van der Waals surface area (Å²) in [4.78, 5) is 27.3. The third-order valence-electron chi connectivity index (χ3n) is 2.58. The van der Waals surface area contributed by atoms with Crippen LogP contribution in [0.1, 0.15) is 22.8 Å². The van der Waals surface area contributed by atoms with Gasteiger partial charge in [-0.1, -0.05) is 23.5 Å². The first-order chi connectivity index (χ1) is 10.4. The van der Waals surface area contributed by atoms with Crippen molar-refractivity contribution in [2.75, 3.05) is 5.32 Å². The summed E-state index contributed by atoms with van der Waals surface area (Å²) in [5.41, 5.74) is 0.816. The number of aromatic nitrogens is 1. The first-order valence-corrected chi connectivity index (χ1v) is 7.97. The van der Waals surface area contributed by atoms with Crippen LogP contribution in [-0.4, -0.2) is 25.6 Å². The lowest BCUT2D eigenvalue weighted by Crippen LogP contribution is -2.15. The molecular formula is C13H12N2O5S2. The molecule has 0 bridgehead atoms. The van der Waals surface area contributed by atoms with E-state index < -0.39 is 23.0 Å². The zero-order chi connectivity index (χ0) is 16.3. The third-order valence-corrected chi connectivity index (χ3v) is 4.41. The molecule has 9 heteroatoms. The number of anilines is 1. The number of nitrogens with zero attached hydrogens (tertiary/aromatic N) is 1. The Labute approximate surface area is 132 Å². The SMILES string of the molecule is CC(=O)Oc1c(C)cccc1C(=O)Nc1ncc(S(=O)O)s1. The van der Waals surface area contributed by atoms with Gasteiger partial charge in [0.05, 0.1) is 11.8 Å². The Hall–Kier alpha value is -2.10. The predicted molar refractivity (Wildman–Crippen MR) is 81.6 cm³/mol. The first kappa shape index (κ1) is 16.3. The van der Waals surface area contributed by atoms with Crippen LogP contribution in [0.3, 0.4) is 0 Å². The molecule has 0 aliphatic carbocycles. The summed E-state index contributed by atoms with van der Waals surface area (Å²) in [6, 6.07) is 4.89. The minimum absolute atomic E-state index is 0.125. The lowest BCUT2D eigenvalue weighted by Gasteiger charge is -2.10. The molecule has 0 radical (unpaired) electrons. The van der Waals surface area contributed by atoms with E-state index in [1.54, 1.807) is 19.1 Å². The van der Waals surface area contributed by atoms with Crippen molar-refractivity contribution in [2.24, 2.45) is 0 Å². The molecular weight excluding hydrogens is 328 g/mol. The van der Waals surface area contributed by atoms with Crippen molar-refractivity contribution < 1.29 is 23.1 Å². The fourth-order valence-corrected chi connectivity index (χ4v) is 2.88. The summed E-state index contributed by atoms with van der Waals surface area (Å²) in [6.07, 6.45) is 1.21. The van der Waals surface area contributed by atoms with Gasteiger partial charge in [-0.2, -0.15) is 0 Å². The maximum atomic E-state index is 12.3. The normalized spacial score (nSPS) is 11.8. The summed E-state index contributed by atoms with van der Waals surface area (Å²) in [7, 11) is 0. The molecule has 2 rings (SSSR count). The van der Waals surface area contributed by atoms with Crippen LogP contribution >= 0.6 is 11.3 Å². The van der Waals surface area contributed by atoms with Crippen molar-refractivity contribution in [2.45, 2.75) is 18.1 Å². The highest BCUT2D eigenvalue weighted by Gasteiger charge is 2.18. The number of esters is 1. The maximum Gasteiger partial charge on any atom is 0.308 e. The first-order valence-electron chi connectivity index (χ1n) is 6.04. The Bertz CT molecular complexity index is 757. The van der Waals surface area contributed by atoms with Gasteiger partial charge in [0.2, 0.25) is 0 Å². The second-order valence-corrected chi connectivity index (χ2v) is 6.46. The second-order valence-electron chi connectivity index (χ2n) is 4.23. The molecule has 1 amide bonds. The fourth-order valence-electron chi connectivity index (χ4n) is 1.67. The smallest absolute Gasteiger partial charge is 0.308 e. The molecule has 1 atom stereocenters. The number of benzene rings is 1. The Morgan fingerprint density at radius 3 is 2.73 bits per heavy atom. The van der Waals surface area contributed by atoms with Crippen LogP contribution in [0, 0.1) is 6.92 Å². The summed E-state index contributed by atoms with van der Waals surface area (Å²) in [5.74, 6) is -0.879. The Kier molecular flexibility index (Phi) is 5.01. The van der Waals surface area contributed by atoms with Crippen molar-refractivity contribution in [3.8, 4) is 5.75 Å². The number of nitrogens with one attached hydrogen (secondary N) is 1. The number of rotatable bonds is 4. The molecule has 0 aliphatic heterocycles. The number of amides is 1. The van der Waals surface area contributed by atoms with Gasteiger partial charge in [-0.3, -0.25) is 14.9 Å². The fraction of sp³-hybridized carbons (Fsp3) is 0.154. The van der Waals surface area contributed by atoms with Gasteiger partial charge in [0.15, 0.2) is 16.2 Å². The van der Waals surface area contributed by atoms with E-state index in [0.29, 0.717) is 5.56 Å². The zero-order valence-corrected chi connectivity index (χ0v) is 13.3. The largest absolute Gasteiger partial charge is 0.426 e. The highest BCUT2D eigenvalue weighted by molar-refractivity contribution is 7.81. The number of carbonyl (C=O) groups excluding carboxylic acids is 2. The van der Waals surface area contributed by atoms with Crippen LogP contribution in [0.2, 0.25) is 0 Å². The summed E-state index contributed by atoms with van der Waals surface area (Å²) in [6.45, 7) is 2.96. The quantitative estimate of drug-likeness (QED) is 0.502. The standard InChI is InChI=1S/C13H12N2O5S2/c1-7-4-3-5-9(11(7)20-8(2)16)12(17)15-13-14-6-10(21-13)22(18)19/h3-6H,1-2H3,(H,18,19)(H,14,15,17). The highest BCUT2D eigenvalue weighted by Crippen LogP contribution is 2.26. The van der Waals surface area contributed by atoms with E-state index in [1.807, 2.05) is 0 Å². The molecule has 116 valence electrons. The lowest BCUT2D eigenvalue weighted by atomic mass is 10.1. The molecule has 0 fully saturated rings. The van der Waals surface area contributed by atoms with E-state index in [0.717, 1.165) is 11.3 Å². The Morgan fingerprint density at radius 2 is 2.14 bits per heavy atom. The van der Waals surface area contributed by atoms with Gasteiger partial charge in [-0.15, -0.1) is 0 Å². The molecule has 0 saturated carbocycles. The molecule has 2 aromatic rings. The second kappa shape index (κ2) is 6.77. The predicted octanol–water partition coefficient (Wildman–Crippen LogP) is 2.21. The minimum atomic E-state index is -2.15. The van der Waals surface area contributed by atoms with E-state index in [2.05, 4.69) is 10.3 Å². The van der Waals surface area contributed by atoms with Crippen LogP contribution in [-0.2, 0) is 15.9 Å². The molecule has 1 unspecified atom stereocenters. The number of hydrogen-bond donors (Lipinski definition) is 2. The number of para-hydroxylation sites is 1. The van der Waals surface area contributed by atoms with E-state index in [1.165, 1.54) is 19.2 Å². The molecule has 1 aromatic carbocycles. The van der Waals surface area contributed by atoms with Crippen LogP contribution < -0.4 is 10.1 Å². The maximum absolute atomic E-state index is 12.3. The molecule has 2 N–H and O–H groups in total. The molecule has 1 aromatic heterocycles. The molecule has 0 saturated heterocycles. The third kappa shape index (κ3) is 3.75. The summed E-state index contributed by atoms with van der Waals surface area (Å²) >= 11 is -1.26. The van der Waals surface area contributed by atoms with Gasteiger partial charge in [0.1, 0.15) is 9.96 Å². The van der Waals surface area contributed by atoms with Crippen molar-refractivity contribution >= 4 is 39.4 Å². The lowest BCUT2D eigenvalue weighted by molar-refractivity contribution is -0.131. The van der Waals surface area contributed by atoms with E-state index in [4.69, 9.17) is 9.29 Å². The zero-order valence-electron chi connectivity index (χ0n) is 11.7. The van der Waals surface area contributed by atoms with Crippen LogP contribution in [0.15, 0.2) is 28.6 Å². The molecule has 7 nitrogen and oxygen atoms in total. The van der Waals surface area contributed by atoms with Crippen molar-refractivity contribution in [1.29, 1.82) is 0 Å². The molecule has 22 heavy (non-hydrogen) atoms. The van der Waals surface area contributed by atoms with Crippen molar-refractivity contribution in [1.82, 2.24) is 4.98 Å². The Balaban J connectivity index is 2.27. The van der Waals surface area contributed by atoms with Crippen molar-refractivity contribution in [3.05, 3.63) is 35.5 Å². The van der Waals surface area contributed by atoms with Gasteiger partial charge in [-0.05, 0) is 18.6 Å². The van der Waals surface area contributed by atoms with Gasteiger partial charge in [0.25, 0.3) is 5.91 Å². The van der Waals surface area contributed by atoms with Crippen LogP contribution in [0.25, 0.3) is 0 Å². The van der Waals surface area contributed by atoms with Crippen LogP contribution in [0.5, 0.6) is 5.75 Å².